The lowest BCUT2D eigenvalue weighted by molar-refractivity contribution is -0.00525. The highest BCUT2D eigenvalue weighted by atomic mass is 32.2. The van der Waals surface area contributed by atoms with Crippen LogP contribution in [0, 0.1) is 6.92 Å². The molecule has 1 heterocycles. The predicted octanol–water partition coefficient (Wildman–Crippen LogP) is 5.42. The predicted molar refractivity (Wildman–Crippen MR) is 185 cm³/mol. The molecule has 0 saturated carbocycles. The van der Waals surface area contributed by atoms with E-state index in [9.17, 15) is 18.3 Å². The summed E-state index contributed by atoms with van der Waals surface area (Å²) in [4.78, 5) is 15.1. The third-order valence-electron chi connectivity index (χ3n) is 8.68. The lowest BCUT2D eigenvalue weighted by atomic mass is 10.1. The van der Waals surface area contributed by atoms with Crippen LogP contribution in [0.1, 0.15) is 38.3 Å². The van der Waals surface area contributed by atoms with E-state index in [-0.39, 0.29) is 23.1 Å². The molecule has 4 aromatic carbocycles. The van der Waals surface area contributed by atoms with Crippen LogP contribution in [0.2, 0.25) is 5.04 Å². The molecule has 1 N–H and O–H groups in total. The molecule has 1 fully saturated rings. The Labute approximate surface area is 279 Å². The molecule has 0 bridgehead atoms. The van der Waals surface area contributed by atoms with Gasteiger partial charge in [-0.1, -0.05) is 129 Å². The van der Waals surface area contributed by atoms with Crippen LogP contribution >= 0.6 is 0 Å². The van der Waals surface area contributed by atoms with Crippen molar-refractivity contribution in [2.75, 3.05) is 13.2 Å². The van der Waals surface area contributed by atoms with Crippen LogP contribution < -0.4 is 10.4 Å². The summed E-state index contributed by atoms with van der Waals surface area (Å²) in [5, 5.41) is 13.5. The van der Waals surface area contributed by atoms with E-state index < -0.39 is 49.4 Å². The van der Waals surface area contributed by atoms with Crippen molar-refractivity contribution < 1.29 is 31.7 Å². The number of carbonyl (C=O) groups is 1. The summed E-state index contributed by atoms with van der Waals surface area (Å²) in [6.45, 7) is 8.07. The summed E-state index contributed by atoms with van der Waals surface area (Å²) in [5.74, 6) is 0. The van der Waals surface area contributed by atoms with Gasteiger partial charge < -0.3 is 14.3 Å². The number of ether oxygens (including phenoxy) is 1. The monoisotopic (exact) mass is 673 g/mol. The standard InChI is InChI=1S/C37H43NO7SSi/c1-28-20-22-30(23-21-28)46(41,42)44-27-33(39)35-34(24-25-38(35)36(40)43-26-29-14-8-5-9-15-29)45-47(37(2,3)4,31-16-10-6-11-17-31)32-18-12-7-13-19-32/h5-23,33-35,39H,24-27H2,1-4H3/t33-,34+,35+/m0/s1. The Morgan fingerprint density at radius 3 is 1.94 bits per heavy atom. The number of amides is 1. The van der Waals surface area contributed by atoms with Gasteiger partial charge in [0.25, 0.3) is 18.4 Å². The Bertz CT molecular complexity index is 1670. The molecular weight excluding hydrogens is 631 g/mol. The minimum Gasteiger partial charge on any atom is -0.445 e. The van der Waals surface area contributed by atoms with Crippen LogP contribution in [-0.4, -0.2) is 64.2 Å². The summed E-state index contributed by atoms with van der Waals surface area (Å²) in [6, 6.07) is 34.9. The fourth-order valence-electron chi connectivity index (χ4n) is 6.34. The fraction of sp³-hybridized carbons (Fsp3) is 0.324. The first-order valence-corrected chi connectivity index (χ1v) is 19.1. The molecular formula is C37H43NO7SSi. The second kappa shape index (κ2) is 14.5. The summed E-state index contributed by atoms with van der Waals surface area (Å²) < 4.78 is 44.6. The van der Waals surface area contributed by atoms with Crippen molar-refractivity contribution in [3.05, 3.63) is 126 Å². The second-order valence-corrected chi connectivity index (χ2v) is 18.8. The quantitative estimate of drug-likeness (QED) is 0.168. The van der Waals surface area contributed by atoms with Crippen molar-refractivity contribution >= 4 is 34.9 Å². The molecule has 0 radical (unpaired) electrons. The molecule has 1 aliphatic rings. The van der Waals surface area contributed by atoms with E-state index in [4.69, 9.17) is 13.3 Å². The molecule has 1 saturated heterocycles. The summed E-state index contributed by atoms with van der Waals surface area (Å²) in [7, 11) is -7.28. The van der Waals surface area contributed by atoms with Gasteiger partial charge in [0, 0.05) is 6.54 Å². The maximum Gasteiger partial charge on any atom is 0.410 e. The maximum absolute atomic E-state index is 13.6. The Hall–Kier alpha value is -3.80. The number of aryl methyl sites for hydroxylation is 1. The lowest BCUT2D eigenvalue weighted by Gasteiger charge is -2.46. The number of benzene rings is 4. The van der Waals surface area contributed by atoms with Gasteiger partial charge in [-0.25, -0.2) is 4.79 Å². The number of hydrogen-bond acceptors (Lipinski definition) is 7. The topological polar surface area (TPSA) is 102 Å². The Morgan fingerprint density at radius 1 is 0.872 bits per heavy atom. The highest BCUT2D eigenvalue weighted by molar-refractivity contribution is 7.86. The third kappa shape index (κ3) is 7.68. The molecule has 0 aliphatic carbocycles. The first-order valence-electron chi connectivity index (χ1n) is 15.8. The van der Waals surface area contributed by atoms with Crippen LogP contribution in [0.5, 0.6) is 0 Å². The molecule has 5 rings (SSSR count). The van der Waals surface area contributed by atoms with Crippen LogP contribution in [-0.2, 0) is 30.1 Å². The number of aliphatic hydroxyl groups is 1. The molecule has 10 heteroatoms. The molecule has 1 amide bonds. The van der Waals surface area contributed by atoms with E-state index in [2.05, 4.69) is 45.0 Å². The van der Waals surface area contributed by atoms with Crippen molar-refractivity contribution in [1.29, 1.82) is 0 Å². The van der Waals surface area contributed by atoms with Crippen LogP contribution in [0.15, 0.2) is 120 Å². The fourth-order valence-corrected chi connectivity index (χ4v) is 12.0. The van der Waals surface area contributed by atoms with Crippen molar-refractivity contribution in [3.63, 3.8) is 0 Å². The molecule has 1 aliphatic heterocycles. The molecule has 3 atom stereocenters. The average molecular weight is 674 g/mol. The van der Waals surface area contributed by atoms with Gasteiger partial charge in [-0.3, -0.25) is 9.08 Å². The molecule has 0 aromatic heterocycles. The van der Waals surface area contributed by atoms with E-state index >= 15 is 0 Å². The first-order chi connectivity index (χ1) is 22.4. The van der Waals surface area contributed by atoms with E-state index in [0.717, 1.165) is 21.5 Å². The number of hydrogen-bond donors (Lipinski definition) is 1. The minimum absolute atomic E-state index is 0.0130. The van der Waals surface area contributed by atoms with E-state index in [1.54, 1.807) is 12.1 Å². The average Bonchev–Trinajstić information content (AvgIpc) is 3.49. The van der Waals surface area contributed by atoms with Crippen molar-refractivity contribution in [1.82, 2.24) is 4.90 Å². The first kappa shape index (κ1) is 34.5. The molecule has 0 unspecified atom stereocenters. The maximum atomic E-state index is 13.6. The van der Waals surface area contributed by atoms with Gasteiger partial charge in [0.2, 0.25) is 0 Å². The van der Waals surface area contributed by atoms with Crippen molar-refractivity contribution in [3.8, 4) is 0 Å². The Morgan fingerprint density at radius 2 is 1.40 bits per heavy atom. The number of aliphatic hydroxyl groups excluding tert-OH is 1. The second-order valence-electron chi connectivity index (χ2n) is 13.0. The SMILES string of the molecule is Cc1ccc(S(=O)(=O)OC[C@H](O)[C@@H]2[C@H](O[Si](c3ccccc3)(c3ccccc3)C(C)(C)C)CCN2C(=O)OCc2ccccc2)cc1. The van der Waals surface area contributed by atoms with Gasteiger partial charge in [-0.05, 0) is 46.5 Å². The zero-order valence-corrected chi connectivity index (χ0v) is 29.1. The van der Waals surface area contributed by atoms with Gasteiger partial charge in [0.15, 0.2) is 0 Å². The molecule has 248 valence electrons. The Balaban J connectivity index is 1.49. The van der Waals surface area contributed by atoms with Crippen LogP contribution in [0.25, 0.3) is 0 Å². The third-order valence-corrected chi connectivity index (χ3v) is 15.0. The molecule has 4 aromatic rings. The number of rotatable bonds is 11. The number of likely N-dealkylation sites (tertiary alicyclic amines) is 1. The van der Waals surface area contributed by atoms with Gasteiger partial charge in [0.1, 0.15) is 12.7 Å². The lowest BCUT2D eigenvalue weighted by Crippen LogP contribution is -2.69. The zero-order valence-electron chi connectivity index (χ0n) is 27.3. The van der Waals surface area contributed by atoms with Crippen molar-refractivity contribution in [2.45, 2.75) is 68.9 Å². The minimum atomic E-state index is -4.17. The van der Waals surface area contributed by atoms with E-state index in [1.807, 2.05) is 73.7 Å². The highest BCUT2D eigenvalue weighted by Gasteiger charge is 2.55. The van der Waals surface area contributed by atoms with Crippen LogP contribution in [0.4, 0.5) is 4.79 Å². The zero-order chi connectivity index (χ0) is 33.7. The number of carbonyl (C=O) groups excluding carboxylic acids is 1. The number of nitrogens with zero attached hydrogens (tertiary/aromatic N) is 1. The molecule has 8 nitrogen and oxygen atoms in total. The normalized spacial score (nSPS) is 17.8. The smallest absolute Gasteiger partial charge is 0.410 e. The van der Waals surface area contributed by atoms with Gasteiger partial charge in [0.05, 0.1) is 23.6 Å². The van der Waals surface area contributed by atoms with Gasteiger partial charge in [-0.15, -0.1) is 0 Å². The summed E-state index contributed by atoms with van der Waals surface area (Å²) in [6.07, 6.45) is -2.25. The van der Waals surface area contributed by atoms with Gasteiger partial charge >= 0.3 is 6.09 Å². The molecule has 0 spiro atoms. The van der Waals surface area contributed by atoms with Crippen LogP contribution in [0.3, 0.4) is 0 Å². The van der Waals surface area contributed by atoms with E-state index in [0.29, 0.717) is 6.42 Å². The van der Waals surface area contributed by atoms with Gasteiger partial charge in [-0.2, -0.15) is 8.42 Å². The Kier molecular flexibility index (Phi) is 10.7. The summed E-state index contributed by atoms with van der Waals surface area (Å²) >= 11 is 0. The highest BCUT2D eigenvalue weighted by Crippen LogP contribution is 2.40. The molecule has 47 heavy (non-hydrogen) atoms. The largest absolute Gasteiger partial charge is 0.445 e. The van der Waals surface area contributed by atoms with E-state index in [1.165, 1.54) is 17.0 Å². The van der Waals surface area contributed by atoms with Crippen molar-refractivity contribution in [2.24, 2.45) is 0 Å². The summed E-state index contributed by atoms with van der Waals surface area (Å²) in [5.41, 5.74) is 1.73.